The molecule has 9 aromatic carbocycles. The lowest BCUT2D eigenvalue weighted by atomic mass is 9.98. The fourth-order valence-corrected chi connectivity index (χ4v) is 8.87. The maximum atomic E-state index is 6.55. The van der Waals surface area contributed by atoms with Gasteiger partial charge in [0.15, 0.2) is 0 Å². The molecule has 0 unspecified atom stereocenters. The van der Waals surface area contributed by atoms with Gasteiger partial charge in [0.2, 0.25) is 0 Å². The summed E-state index contributed by atoms with van der Waals surface area (Å²) in [6, 6.07) is 69.2. The Hall–Kier alpha value is -7.56. The monoisotopic (exact) mass is 716 g/mol. The molecule has 4 nitrogen and oxygen atoms in total. The second-order valence-electron chi connectivity index (χ2n) is 14.5. The molecule has 0 saturated heterocycles. The average Bonchev–Trinajstić information content (AvgIpc) is 3.94. The highest BCUT2D eigenvalue weighted by Gasteiger charge is 2.24. The van der Waals surface area contributed by atoms with Crippen LogP contribution >= 0.6 is 0 Å². The molecule has 0 aliphatic carbocycles. The molecule has 0 bridgehead atoms. The summed E-state index contributed by atoms with van der Waals surface area (Å²) in [5.74, 6) is 0. The number of fused-ring (bicyclic) bond motifs is 11. The van der Waals surface area contributed by atoms with Crippen molar-refractivity contribution in [3.63, 3.8) is 0 Å². The molecule has 3 heterocycles. The van der Waals surface area contributed by atoms with Crippen LogP contribution in [-0.2, 0) is 0 Å². The number of aromatic nitrogens is 1. The van der Waals surface area contributed by atoms with E-state index in [0.717, 1.165) is 94.2 Å². The molecule has 0 saturated carbocycles. The summed E-state index contributed by atoms with van der Waals surface area (Å²) in [6.07, 6.45) is 0. The van der Waals surface area contributed by atoms with E-state index in [4.69, 9.17) is 8.83 Å². The van der Waals surface area contributed by atoms with E-state index in [0.29, 0.717) is 0 Å². The third-order valence-corrected chi connectivity index (χ3v) is 11.4. The first-order valence-corrected chi connectivity index (χ1v) is 19.0. The predicted molar refractivity (Wildman–Crippen MR) is 233 cm³/mol. The largest absolute Gasteiger partial charge is 0.456 e. The minimum Gasteiger partial charge on any atom is -0.456 e. The molecule has 12 rings (SSSR count). The zero-order chi connectivity index (χ0) is 36.7. The first-order valence-electron chi connectivity index (χ1n) is 19.0. The van der Waals surface area contributed by atoms with Crippen molar-refractivity contribution < 1.29 is 8.83 Å². The Labute approximate surface area is 321 Å². The number of benzene rings is 9. The number of para-hydroxylation sites is 6. The molecule has 56 heavy (non-hydrogen) atoms. The summed E-state index contributed by atoms with van der Waals surface area (Å²) in [7, 11) is 0. The maximum absolute atomic E-state index is 6.55. The van der Waals surface area contributed by atoms with Gasteiger partial charge in [-0.05, 0) is 83.7 Å². The fourth-order valence-electron chi connectivity index (χ4n) is 8.87. The maximum Gasteiger partial charge on any atom is 0.143 e. The van der Waals surface area contributed by atoms with Crippen LogP contribution in [0.15, 0.2) is 203 Å². The molecule has 3 aromatic heterocycles. The fraction of sp³-hybridized carbons (Fsp3) is 0. The number of rotatable bonds is 5. The van der Waals surface area contributed by atoms with Gasteiger partial charge in [0.1, 0.15) is 22.3 Å². The van der Waals surface area contributed by atoms with Crippen LogP contribution in [-0.4, -0.2) is 4.57 Å². The Morgan fingerprint density at radius 3 is 1.82 bits per heavy atom. The molecular weight excluding hydrogens is 685 g/mol. The van der Waals surface area contributed by atoms with Gasteiger partial charge in [0.05, 0.1) is 28.1 Å². The van der Waals surface area contributed by atoms with Crippen molar-refractivity contribution in [2.75, 3.05) is 4.90 Å². The Bertz CT molecular complexity index is 3460. The van der Waals surface area contributed by atoms with E-state index in [-0.39, 0.29) is 0 Å². The molecule has 0 radical (unpaired) electrons. The Morgan fingerprint density at radius 2 is 0.982 bits per heavy atom. The summed E-state index contributed by atoms with van der Waals surface area (Å²) in [5, 5.41) is 9.13. The van der Waals surface area contributed by atoms with Gasteiger partial charge in [-0.15, -0.1) is 0 Å². The van der Waals surface area contributed by atoms with Crippen LogP contribution in [0.2, 0.25) is 0 Å². The van der Waals surface area contributed by atoms with E-state index in [1.54, 1.807) is 0 Å². The van der Waals surface area contributed by atoms with Crippen LogP contribution in [0.5, 0.6) is 0 Å². The van der Waals surface area contributed by atoms with Gasteiger partial charge < -0.3 is 18.3 Å². The summed E-state index contributed by atoms with van der Waals surface area (Å²) in [6.45, 7) is 0. The smallest absolute Gasteiger partial charge is 0.143 e. The van der Waals surface area contributed by atoms with Gasteiger partial charge in [0.25, 0.3) is 0 Å². The van der Waals surface area contributed by atoms with E-state index < -0.39 is 0 Å². The first-order chi connectivity index (χ1) is 27.8. The summed E-state index contributed by atoms with van der Waals surface area (Å²) in [5.41, 5.74) is 12.3. The molecule has 0 N–H and O–H groups in total. The quantitative estimate of drug-likeness (QED) is 0.178. The molecule has 0 aliphatic heterocycles. The normalized spacial score (nSPS) is 11.9. The van der Waals surface area contributed by atoms with Crippen molar-refractivity contribution in [2.24, 2.45) is 0 Å². The van der Waals surface area contributed by atoms with Crippen molar-refractivity contribution in [1.29, 1.82) is 0 Å². The van der Waals surface area contributed by atoms with Crippen LogP contribution < -0.4 is 4.90 Å². The summed E-state index contributed by atoms with van der Waals surface area (Å²) in [4.78, 5) is 2.42. The highest BCUT2D eigenvalue weighted by molar-refractivity contribution is 6.16. The molecule has 4 heteroatoms. The topological polar surface area (TPSA) is 34.5 Å². The Balaban J connectivity index is 1.13. The molecule has 0 amide bonds. The van der Waals surface area contributed by atoms with Crippen molar-refractivity contribution in [1.82, 2.24) is 4.57 Å². The number of hydrogen-bond donors (Lipinski definition) is 0. The van der Waals surface area contributed by atoms with Crippen LogP contribution in [0.1, 0.15) is 0 Å². The van der Waals surface area contributed by atoms with E-state index in [9.17, 15) is 0 Å². The molecule has 0 atom stereocenters. The minimum atomic E-state index is 0.865. The van der Waals surface area contributed by atoms with Gasteiger partial charge in [-0.2, -0.15) is 0 Å². The van der Waals surface area contributed by atoms with Crippen molar-refractivity contribution in [3.8, 4) is 16.8 Å². The minimum absolute atomic E-state index is 0.865. The lowest BCUT2D eigenvalue weighted by molar-refractivity contribution is 0.669. The average molecular weight is 717 g/mol. The second-order valence-corrected chi connectivity index (χ2v) is 14.5. The van der Waals surface area contributed by atoms with E-state index in [2.05, 4.69) is 191 Å². The molecule has 262 valence electrons. The van der Waals surface area contributed by atoms with E-state index in [1.807, 2.05) is 12.1 Å². The lowest BCUT2D eigenvalue weighted by Gasteiger charge is -2.30. The summed E-state index contributed by atoms with van der Waals surface area (Å²) < 4.78 is 15.3. The van der Waals surface area contributed by atoms with Gasteiger partial charge in [-0.1, -0.05) is 121 Å². The number of nitrogens with zero attached hydrogens (tertiary/aromatic N) is 2. The molecule has 0 fully saturated rings. The first kappa shape index (κ1) is 30.9. The predicted octanol–water partition coefficient (Wildman–Crippen LogP) is 14.9. The molecule has 0 aliphatic rings. The van der Waals surface area contributed by atoms with Crippen LogP contribution in [0, 0.1) is 0 Å². The highest BCUT2D eigenvalue weighted by Crippen LogP contribution is 2.47. The summed E-state index contributed by atoms with van der Waals surface area (Å²) >= 11 is 0. The lowest BCUT2D eigenvalue weighted by Crippen LogP contribution is -2.14. The van der Waals surface area contributed by atoms with Crippen LogP contribution in [0.3, 0.4) is 0 Å². The highest BCUT2D eigenvalue weighted by atomic mass is 16.3. The van der Waals surface area contributed by atoms with Crippen LogP contribution in [0.4, 0.5) is 17.1 Å². The Morgan fingerprint density at radius 1 is 0.375 bits per heavy atom. The van der Waals surface area contributed by atoms with Gasteiger partial charge in [-0.25, -0.2) is 0 Å². The van der Waals surface area contributed by atoms with Crippen molar-refractivity contribution in [2.45, 2.75) is 0 Å². The molecule has 0 spiro atoms. The van der Waals surface area contributed by atoms with Gasteiger partial charge in [-0.3, -0.25) is 0 Å². The number of hydrogen-bond acceptors (Lipinski definition) is 3. The van der Waals surface area contributed by atoms with Gasteiger partial charge in [0, 0.05) is 49.0 Å². The zero-order valence-corrected chi connectivity index (χ0v) is 30.2. The van der Waals surface area contributed by atoms with Crippen molar-refractivity contribution in [3.05, 3.63) is 194 Å². The standard InChI is InChI=1S/C52H32N2O2/c1-2-15-37-33(13-1)25-28-41-42-31-34(26-29-51(42)56-52(37)41)36-14-3-7-19-44(36)53(35-27-30-50-43(32-35)40-18-6-12-24-49(40)55-50)47-22-10-11-23-48(47)54-45-20-8-4-16-38(45)39-17-5-9-21-46(39)54/h1-32H. The molecule has 12 aromatic rings. The van der Waals surface area contributed by atoms with E-state index >= 15 is 0 Å². The zero-order valence-electron chi connectivity index (χ0n) is 30.2. The van der Waals surface area contributed by atoms with Gasteiger partial charge >= 0.3 is 0 Å². The third kappa shape index (κ3) is 4.53. The second kappa shape index (κ2) is 12.0. The van der Waals surface area contributed by atoms with Crippen LogP contribution in [0.25, 0.3) is 93.3 Å². The Kier molecular flexibility index (Phi) is 6.60. The van der Waals surface area contributed by atoms with E-state index in [1.165, 1.54) is 16.2 Å². The number of furan rings is 2. The molecular formula is C52H32N2O2. The third-order valence-electron chi connectivity index (χ3n) is 11.4. The number of anilines is 3. The van der Waals surface area contributed by atoms with Crippen molar-refractivity contribution >= 4 is 93.5 Å². The SMILES string of the molecule is c1ccc(N(c2ccc3oc4ccccc4c3c2)c2ccccc2-n2c3ccccc3c3ccccc32)c(-c2ccc3oc4c5ccccc5ccc4c3c2)c1.